The van der Waals surface area contributed by atoms with E-state index in [-0.39, 0.29) is 34.7 Å². The molecule has 0 radical (unpaired) electrons. The summed E-state index contributed by atoms with van der Waals surface area (Å²) in [7, 11) is 1.46. The lowest BCUT2D eigenvalue weighted by Gasteiger charge is -2.13. The number of carbonyl (C=O) groups excluding carboxylic acids is 1. The Morgan fingerprint density at radius 3 is 2.62 bits per heavy atom. The van der Waals surface area contributed by atoms with Gasteiger partial charge in [-0.1, -0.05) is 41.4 Å². The van der Waals surface area contributed by atoms with Crippen molar-refractivity contribution in [1.82, 2.24) is 0 Å². The first-order valence-corrected chi connectivity index (χ1v) is 10.5. The van der Waals surface area contributed by atoms with Gasteiger partial charge in [0.05, 0.1) is 17.1 Å². The van der Waals surface area contributed by atoms with Crippen molar-refractivity contribution in [2.24, 2.45) is 4.99 Å². The number of hydrogen-bond acceptors (Lipinski definition) is 7. The highest BCUT2D eigenvalue weighted by molar-refractivity contribution is 6.32. The highest BCUT2D eigenvalue weighted by atomic mass is 35.5. The highest BCUT2D eigenvalue weighted by Crippen LogP contribution is 2.38. The number of aliphatic imine (C=N–C) groups is 1. The van der Waals surface area contributed by atoms with Gasteiger partial charge in [0, 0.05) is 17.7 Å². The van der Waals surface area contributed by atoms with Crippen LogP contribution in [-0.2, 0) is 16.1 Å². The zero-order valence-electron chi connectivity index (χ0n) is 18.3. The van der Waals surface area contributed by atoms with Crippen molar-refractivity contribution >= 4 is 35.2 Å². The smallest absolute Gasteiger partial charge is 0.363 e. The maximum Gasteiger partial charge on any atom is 0.363 e. The third kappa shape index (κ3) is 5.07. The number of hydrogen-bond donors (Lipinski definition) is 0. The molecule has 34 heavy (non-hydrogen) atoms. The number of benzene rings is 3. The van der Waals surface area contributed by atoms with Crippen LogP contribution in [0.2, 0.25) is 5.02 Å². The Morgan fingerprint density at radius 2 is 1.91 bits per heavy atom. The van der Waals surface area contributed by atoms with E-state index in [0.29, 0.717) is 22.4 Å². The topological polar surface area (TPSA) is 100 Å². The van der Waals surface area contributed by atoms with E-state index in [4.69, 9.17) is 25.8 Å². The number of rotatable bonds is 7. The number of nitrogens with zero attached hydrogens (tertiary/aromatic N) is 2. The number of carbonyl (C=O) groups is 1. The summed E-state index contributed by atoms with van der Waals surface area (Å²) in [6.45, 7) is 2.01. The Balaban J connectivity index is 1.57. The van der Waals surface area contributed by atoms with E-state index in [9.17, 15) is 14.9 Å². The van der Waals surface area contributed by atoms with Crippen molar-refractivity contribution < 1.29 is 23.9 Å². The second kappa shape index (κ2) is 9.76. The largest absolute Gasteiger partial charge is 0.493 e. The number of aryl methyl sites for hydroxylation is 1. The molecule has 0 amide bonds. The molecule has 0 unspecified atom stereocenters. The summed E-state index contributed by atoms with van der Waals surface area (Å²) >= 11 is 6.43. The SMILES string of the molecule is COc1cc(/C=C2\N=C(c3ccc(C)cc3)OC2=O)cc(Cl)c1OCc1cccc([N+](=O)[O-])c1. The van der Waals surface area contributed by atoms with Crippen molar-refractivity contribution in [1.29, 1.82) is 0 Å². The Hall–Kier alpha value is -4.17. The fourth-order valence-corrected chi connectivity index (χ4v) is 3.54. The molecule has 8 nitrogen and oxygen atoms in total. The number of methoxy groups -OCH3 is 1. The minimum Gasteiger partial charge on any atom is -0.493 e. The third-order valence-corrected chi connectivity index (χ3v) is 5.26. The molecule has 0 aromatic heterocycles. The molecule has 0 saturated heterocycles. The van der Waals surface area contributed by atoms with Crippen molar-refractivity contribution in [3.8, 4) is 11.5 Å². The fourth-order valence-electron chi connectivity index (χ4n) is 3.27. The van der Waals surface area contributed by atoms with Gasteiger partial charge in [0.2, 0.25) is 5.90 Å². The van der Waals surface area contributed by atoms with Gasteiger partial charge in [0.25, 0.3) is 5.69 Å². The maximum absolute atomic E-state index is 12.3. The minimum absolute atomic E-state index is 0.0323. The zero-order valence-corrected chi connectivity index (χ0v) is 19.0. The number of cyclic esters (lactones) is 1. The van der Waals surface area contributed by atoms with E-state index in [2.05, 4.69) is 4.99 Å². The van der Waals surface area contributed by atoms with E-state index in [1.165, 1.54) is 19.2 Å². The van der Waals surface area contributed by atoms with Crippen LogP contribution in [0.15, 0.2) is 71.4 Å². The molecule has 4 rings (SSSR count). The van der Waals surface area contributed by atoms with Crippen molar-refractivity contribution in [2.75, 3.05) is 7.11 Å². The van der Waals surface area contributed by atoms with Crippen LogP contribution in [0.4, 0.5) is 5.69 Å². The Labute approximate surface area is 200 Å². The van der Waals surface area contributed by atoms with Crippen LogP contribution in [0.5, 0.6) is 11.5 Å². The molecule has 3 aromatic carbocycles. The maximum atomic E-state index is 12.3. The molecule has 0 atom stereocenters. The minimum atomic E-state index is -0.573. The first kappa shape index (κ1) is 23.0. The molecule has 1 heterocycles. The molecule has 172 valence electrons. The molecule has 0 aliphatic carbocycles. The molecule has 0 saturated carbocycles. The summed E-state index contributed by atoms with van der Waals surface area (Å²) in [5, 5.41) is 11.2. The second-order valence-corrected chi connectivity index (χ2v) is 7.86. The number of nitro groups is 1. The molecule has 3 aromatic rings. The van der Waals surface area contributed by atoms with Crippen LogP contribution < -0.4 is 9.47 Å². The van der Waals surface area contributed by atoms with Crippen LogP contribution in [0, 0.1) is 17.0 Å². The zero-order chi connectivity index (χ0) is 24.2. The molecule has 1 aliphatic rings. The van der Waals surface area contributed by atoms with Crippen LogP contribution in [0.25, 0.3) is 6.08 Å². The van der Waals surface area contributed by atoms with E-state index >= 15 is 0 Å². The van der Waals surface area contributed by atoms with Crippen molar-refractivity contribution in [2.45, 2.75) is 13.5 Å². The summed E-state index contributed by atoms with van der Waals surface area (Å²) in [6, 6.07) is 16.8. The van der Waals surface area contributed by atoms with Crippen LogP contribution >= 0.6 is 11.6 Å². The third-order valence-electron chi connectivity index (χ3n) is 4.98. The summed E-state index contributed by atoms with van der Waals surface area (Å²) in [4.78, 5) is 27.1. The second-order valence-electron chi connectivity index (χ2n) is 7.45. The Kier molecular flexibility index (Phi) is 6.60. The van der Waals surface area contributed by atoms with E-state index in [0.717, 1.165) is 5.56 Å². The quantitative estimate of drug-likeness (QED) is 0.193. The number of ether oxygens (including phenoxy) is 3. The van der Waals surface area contributed by atoms with Crippen LogP contribution in [0.1, 0.15) is 22.3 Å². The summed E-state index contributed by atoms with van der Waals surface area (Å²) in [5.74, 6) is 0.262. The predicted molar refractivity (Wildman–Crippen MR) is 127 cm³/mol. The van der Waals surface area contributed by atoms with E-state index in [1.807, 2.05) is 31.2 Å². The summed E-state index contributed by atoms with van der Waals surface area (Å²) in [5.41, 5.74) is 3.03. The van der Waals surface area contributed by atoms with Gasteiger partial charge >= 0.3 is 5.97 Å². The molecule has 0 bridgehead atoms. The van der Waals surface area contributed by atoms with Crippen molar-refractivity contribution in [3.63, 3.8) is 0 Å². The number of nitro benzene ring substituents is 1. The van der Waals surface area contributed by atoms with Gasteiger partial charge in [-0.05, 0) is 48.4 Å². The lowest BCUT2D eigenvalue weighted by atomic mass is 10.1. The standard InChI is InChI=1S/C25H19ClN2O6/c1-15-6-8-18(9-7-15)24-27-21(25(29)34-24)12-17-11-20(26)23(22(13-17)32-2)33-14-16-4-3-5-19(10-16)28(30)31/h3-13H,14H2,1-2H3/b21-12-. The number of halogens is 1. The van der Waals surface area contributed by atoms with Gasteiger partial charge in [-0.2, -0.15) is 0 Å². The van der Waals surface area contributed by atoms with Gasteiger partial charge in [0.1, 0.15) is 6.61 Å². The average Bonchev–Trinajstić information content (AvgIpc) is 3.18. The molecule has 1 aliphatic heterocycles. The molecular formula is C25H19ClN2O6. The van der Waals surface area contributed by atoms with Crippen LogP contribution in [-0.4, -0.2) is 23.9 Å². The van der Waals surface area contributed by atoms with Gasteiger partial charge in [0.15, 0.2) is 17.2 Å². The first-order valence-electron chi connectivity index (χ1n) is 10.2. The molecule has 0 spiro atoms. The number of non-ortho nitro benzene ring substituents is 1. The summed E-state index contributed by atoms with van der Waals surface area (Å²) < 4.78 is 16.5. The van der Waals surface area contributed by atoms with Crippen molar-refractivity contribution in [3.05, 3.63) is 104 Å². The van der Waals surface area contributed by atoms with Gasteiger partial charge in [-0.25, -0.2) is 9.79 Å². The Bertz CT molecular complexity index is 1330. The van der Waals surface area contributed by atoms with E-state index in [1.54, 1.807) is 30.3 Å². The van der Waals surface area contributed by atoms with Gasteiger partial charge in [-0.15, -0.1) is 0 Å². The average molecular weight is 479 g/mol. The Morgan fingerprint density at radius 1 is 1.15 bits per heavy atom. The van der Waals surface area contributed by atoms with E-state index < -0.39 is 10.9 Å². The van der Waals surface area contributed by atoms with Crippen LogP contribution in [0.3, 0.4) is 0 Å². The monoisotopic (exact) mass is 478 g/mol. The normalized spacial score (nSPS) is 14.0. The highest BCUT2D eigenvalue weighted by Gasteiger charge is 2.24. The summed E-state index contributed by atoms with van der Waals surface area (Å²) in [6.07, 6.45) is 1.54. The predicted octanol–water partition coefficient (Wildman–Crippen LogP) is 5.49. The molecular weight excluding hydrogens is 460 g/mol. The first-order chi connectivity index (χ1) is 16.3. The molecule has 9 heteroatoms. The van der Waals surface area contributed by atoms with Gasteiger partial charge < -0.3 is 14.2 Å². The number of esters is 1. The fraction of sp³-hybridized carbons (Fsp3) is 0.120. The lowest BCUT2D eigenvalue weighted by molar-refractivity contribution is -0.384. The molecule has 0 N–H and O–H groups in total. The van der Waals surface area contributed by atoms with Gasteiger partial charge in [-0.3, -0.25) is 10.1 Å². The molecule has 0 fully saturated rings. The lowest BCUT2D eigenvalue weighted by Crippen LogP contribution is -2.05.